The first-order valence-corrected chi connectivity index (χ1v) is 9.91. The van der Waals surface area contributed by atoms with Gasteiger partial charge in [0.2, 0.25) is 5.91 Å². The molecule has 172 valence electrons. The minimum atomic E-state index is -0.605. The quantitative estimate of drug-likeness (QED) is 0.172. The van der Waals surface area contributed by atoms with Crippen molar-refractivity contribution in [3.63, 3.8) is 0 Å². The van der Waals surface area contributed by atoms with Crippen molar-refractivity contribution in [3.8, 4) is 5.75 Å². The van der Waals surface area contributed by atoms with Crippen LogP contribution in [-0.4, -0.2) is 41.0 Å². The van der Waals surface area contributed by atoms with Crippen molar-refractivity contribution < 1.29 is 28.8 Å². The summed E-state index contributed by atoms with van der Waals surface area (Å²) in [6.07, 6.45) is 2.52. The van der Waals surface area contributed by atoms with Gasteiger partial charge in [-0.2, -0.15) is 0 Å². The Morgan fingerprint density at radius 3 is 2.52 bits per heavy atom. The van der Waals surface area contributed by atoms with Crippen molar-refractivity contribution in [1.29, 1.82) is 0 Å². The second-order valence-corrected chi connectivity index (χ2v) is 6.62. The van der Waals surface area contributed by atoms with Crippen molar-refractivity contribution in [2.75, 3.05) is 13.2 Å². The number of amides is 2. The van der Waals surface area contributed by atoms with E-state index < -0.39 is 22.7 Å². The summed E-state index contributed by atoms with van der Waals surface area (Å²) in [7, 11) is 0. The molecule has 2 amide bonds. The number of carbonyl (C=O) groups is 3. The molecule has 0 bridgehead atoms. The molecule has 0 aliphatic rings. The van der Waals surface area contributed by atoms with Crippen LogP contribution < -0.4 is 20.9 Å². The molecule has 2 aromatic rings. The predicted octanol–water partition coefficient (Wildman–Crippen LogP) is 1.89. The molecule has 2 rings (SSSR count). The first kappa shape index (κ1) is 24.9. The highest BCUT2D eigenvalue weighted by atomic mass is 32.1. The maximum Gasteiger partial charge on any atom is 0.338 e. The number of esters is 1. The highest BCUT2D eigenvalue weighted by molar-refractivity contribution is 7.80. The Morgan fingerprint density at radius 1 is 1.12 bits per heavy atom. The van der Waals surface area contributed by atoms with Gasteiger partial charge < -0.3 is 9.47 Å². The van der Waals surface area contributed by atoms with E-state index in [-0.39, 0.29) is 24.0 Å². The number of hydrogen-bond acceptors (Lipinski definition) is 8. The number of carbonyl (C=O) groups excluding carboxylic acids is 3. The van der Waals surface area contributed by atoms with Gasteiger partial charge in [-0.25, -0.2) is 4.79 Å². The molecule has 33 heavy (non-hydrogen) atoms. The topological polar surface area (TPSA) is 149 Å². The Balaban J connectivity index is 1.72. The third-order valence-electron chi connectivity index (χ3n) is 3.80. The fraction of sp³-hybridized carbons (Fsp3) is 0.143. The number of hydrogen-bond donors (Lipinski definition) is 3. The van der Waals surface area contributed by atoms with E-state index in [1.165, 1.54) is 48.5 Å². The second kappa shape index (κ2) is 12.5. The van der Waals surface area contributed by atoms with E-state index in [0.29, 0.717) is 16.9 Å². The fourth-order valence-electron chi connectivity index (χ4n) is 2.31. The van der Waals surface area contributed by atoms with Gasteiger partial charge >= 0.3 is 5.97 Å². The van der Waals surface area contributed by atoms with Crippen LogP contribution in [0.3, 0.4) is 0 Å². The van der Waals surface area contributed by atoms with Crippen LogP contribution >= 0.6 is 12.2 Å². The molecule has 12 heteroatoms. The SMILES string of the molecule is CCOC(=O)c1ccc(OCC(=O)NNC(=S)NC(=O)/C=C/c2cccc([N+](=O)[O-])c2)cc1. The molecule has 3 N–H and O–H groups in total. The van der Waals surface area contributed by atoms with E-state index >= 15 is 0 Å². The molecule has 0 aliphatic carbocycles. The van der Waals surface area contributed by atoms with E-state index in [2.05, 4.69) is 16.2 Å². The monoisotopic (exact) mass is 472 g/mol. The molecule has 0 heterocycles. The van der Waals surface area contributed by atoms with Crippen molar-refractivity contribution in [2.24, 2.45) is 0 Å². The normalized spacial score (nSPS) is 10.2. The highest BCUT2D eigenvalue weighted by Gasteiger charge is 2.08. The summed E-state index contributed by atoms with van der Waals surface area (Å²) in [5, 5.41) is 12.9. The number of rotatable bonds is 8. The van der Waals surface area contributed by atoms with Gasteiger partial charge in [0.25, 0.3) is 11.6 Å². The average molecular weight is 472 g/mol. The average Bonchev–Trinajstić information content (AvgIpc) is 2.80. The Kier molecular flexibility index (Phi) is 9.46. The van der Waals surface area contributed by atoms with Crippen LogP contribution in [-0.2, 0) is 14.3 Å². The van der Waals surface area contributed by atoms with Crippen LogP contribution in [0.1, 0.15) is 22.8 Å². The fourth-order valence-corrected chi connectivity index (χ4v) is 2.46. The molecule has 0 spiro atoms. The molecular weight excluding hydrogens is 452 g/mol. The van der Waals surface area contributed by atoms with E-state index in [4.69, 9.17) is 21.7 Å². The standard InChI is InChI=1S/C21H20N4O7S/c1-2-31-20(28)15-7-9-17(10-8-15)32-13-19(27)23-24-21(33)22-18(26)11-6-14-4-3-5-16(12-14)25(29)30/h3-12H,2,13H2,1H3,(H,23,27)(H2,22,24,26,33)/b11-6+. The Labute approximate surface area is 193 Å². The molecule has 11 nitrogen and oxygen atoms in total. The lowest BCUT2D eigenvalue weighted by Gasteiger charge is -2.10. The van der Waals surface area contributed by atoms with Crippen molar-refractivity contribution in [1.82, 2.24) is 16.2 Å². The minimum absolute atomic E-state index is 0.102. The summed E-state index contributed by atoms with van der Waals surface area (Å²) in [5.41, 5.74) is 5.31. The van der Waals surface area contributed by atoms with Crippen LogP contribution in [0, 0.1) is 10.1 Å². The Bertz CT molecular complexity index is 1070. The molecule has 0 radical (unpaired) electrons. The number of nitro benzene ring substituents is 1. The number of nitro groups is 1. The van der Waals surface area contributed by atoms with Gasteiger partial charge in [-0.3, -0.25) is 35.9 Å². The van der Waals surface area contributed by atoms with Gasteiger partial charge in [-0.1, -0.05) is 12.1 Å². The summed E-state index contributed by atoms with van der Waals surface area (Å²) in [4.78, 5) is 45.6. The lowest BCUT2D eigenvalue weighted by Crippen LogP contribution is -2.49. The van der Waals surface area contributed by atoms with Crippen LogP contribution in [0.5, 0.6) is 5.75 Å². The molecule has 0 atom stereocenters. The molecule has 0 aromatic heterocycles. The summed E-state index contributed by atoms with van der Waals surface area (Å²) < 4.78 is 10.2. The predicted molar refractivity (Wildman–Crippen MR) is 122 cm³/mol. The third kappa shape index (κ3) is 8.75. The lowest BCUT2D eigenvalue weighted by atomic mass is 10.2. The van der Waals surface area contributed by atoms with Crippen molar-refractivity contribution in [2.45, 2.75) is 6.92 Å². The Morgan fingerprint density at radius 2 is 1.85 bits per heavy atom. The van der Waals surface area contributed by atoms with Crippen LogP contribution in [0.25, 0.3) is 6.08 Å². The summed E-state index contributed by atoms with van der Waals surface area (Å²) >= 11 is 4.91. The molecule has 0 saturated heterocycles. The number of nitrogens with zero attached hydrogens (tertiary/aromatic N) is 1. The van der Waals surface area contributed by atoms with E-state index in [1.54, 1.807) is 13.0 Å². The van der Waals surface area contributed by atoms with Crippen LogP contribution in [0.15, 0.2) is 54.6 Å². The molecule has 0 saturated carbocycles. The lowest BCUT2D eigenvalue weighted by molar-refractivity contribution is -0.384. The molecule has 0 aliphatic heterocycles. The first-order valence-electron chi connectivity index (χ1n) is 9.50. The zero-order valence-electron chi connectivity index (χ0n) is 17.4. The summed E-state index contributed by atoms with van der Waals surface area (Å²) in [5.74, 6) is -1.28. The van der Waals surface area contributed by atoms with Crippen LogP contribution in [0.2, 0.25) is 0 Å². The van der Waals surface area contributed by atoms with Gasteiger partial charge in [-0.05, 0) is 55.0 Å². The zero-order chi connectivity index (χ0) is 24.2. The largest absolute Gasteiger partial charge is 0.484 e. The zero-order valence-corrected chi connectivity index (χ0v) is 18.2. The van der Waals surface area contributed by atoms with Crippen molar-refractivity contribution >= 4 is 46.9 Å². The summed E-state index contributed by atoms with van der Waals surface area (Å²) in [6, 6.07) is 11.8. The van der Waals surface area contributed by atoms with Gasteiger partial charge in [0.15, 0.2) is 11.7 Å². The van der Waals surface area contributed by atoms with E-state index in [1.807, 2.05) is 0 Å². The first-order chi connectivity index (χ1) is 15.8. The maximum absolute atomic E-state index is 11.9. The van der Waals surface area contributed by atoms with Crippen LogP contribution in [0.4, 0.5) is 5.69 Å². The third-order valence-corrected chi connectivity index (χ3v) is 4.00. The number of nitrogens with one attached hydrogen (secondary N) is 3. The van der Waals surface area contributed by atoms with Crippen molar-refractivity contribution in [3.05, 3.63) is 75.8 Å². The van der Waals surface area contributed by atoms with E-state index in [9.17, 15) is 24.5 Å². The molecule has 2 aromatic carbocycles. The smallest absolute Gasteiger partial charge is 0.338 e. The molecule has 0 fully saturated rings. The highest BCUT2D eigenvalue weighted by Crippen LogP contribution is 2.14. The number of non-ortho nitro benzene ring substituents is 1. The number of benzene rings is 2. The van der Waals surface area contributed by atoms with E-state index in [0.717, 1.165) is 6.08 Å². The maximum atomic E-state index is 11.9. The number of ether oxygens (including phenoxy) is 2. The molecular formula is C21H20N4O7S. The number of thiocarbonyl (C=S) groups is 1. The number of hydrazine groups is 1. The second-order valence-electron chi connectivity index (χ2n) is 6.21. The van der Waals surface area contributed by atoms with Gasteiger partial charge in [-0.15, -0.1) is 0 Å². The Hall–Kier alpha value is -4.32. The minimum Gasteiger partial charge on any atom is -0.484 e. The molecule has 0 unspecified atom stereocenters. The summed E-state index contributed by atoms with van der Waals surface area (Å²) in [6.45, 7) is 1.62. The van der Waals surface area contributed by atoms with Gasteiger partial charge in [0, 0.05) is 18.2 Å². The van der Waals surface area contributed by atoms with Gasteiger partial charge in [0.1, 0.15) is 5.75 Å². The van der Waals surface area contributed by atoms with Gasteiger partial charge in [0.05, 0.1) is 17.1 Å².